The zero-order valence-corrected chi connectivity index (χ0v) is 14.4. The van der Waals surface area contributed by atoms with Gasteiger partial charge in [0.1, 0.15) is 5.01 Å². The molecule has 0 atom stereocenters. The van der Waals surface area contributed by atoms with Crippen molar-refractivity contribution in [3.63, 3.8) is 0 Å². The van der Waals surface area contributed by atoms with Crippen LogP contribution in [0.2, 0.25) is 0 Å². The van der Waals surface area contributed by atoms with Gasteiger partial charge >= 0.3 is 5.97 Å². The molecular formula is C17H13N3O5S. The molecule has 3 aromatic rings. The van der Waals surface area contributed by atoms with Gasteiger partial charge in [0.2, 0.25) is 0 Å². The molecule has 0 saturated heterocycles. The molecule has 26 heavy (non-hydrogen) atoms. The highest BCUT2D eigenvalue weighted by Gasteiger charge is 2.17. The number of nitro benzene ring substituents is 1. The molecule has 0 radical (unpaired) electrons. The zero-order valence-electron chi connectivity index (χ0n) is 13.6. The molecule has 132 valence electrons. The minimum Gasteiger partial charge on any atom is -0.493 e. The molecule has 0 aliphatic rings. The Morgan fingerprint density at radius 1 is 1.31 bits per heavy atom. The molecule has 0 N–H and O–H groups in total. The summed E-state index contributed by atoms with van der Waals surface area (Å²) in [5.74, 6) is -0.362. The summed E-state index contributed by atoms with van der Waals surface area (Å²) in [4.78, 5) is 30.9. The molecule has 0 bridgehead atoms. The summed E-state index contributed by atoms with van der Waals surface area (Å²) in [5, 5.41) is 13.4. The predicted molar refractivity (Wildman–Crippen MR) is 94.3 cm³/mol. The van der Waals surface area contributed by atoms with Gasteiger partial charge < -0.3 is 9.47 Å². The number of ether oxygens (including phenoxy) is 2. The van der Waals surface area contributed by atoms with Gasteiger partial charge in [-0.2, -0.15) is 0 Å². The standard InChI is InChI=1S/C17H13N3O5S/c1-24-14-5-4-13(20(22)23)8-15(14)25-16(21)7-12-10-26-17(19-12)11-3-2-6-18-9-11/h2-6,8-10H,7H2,1H3. The first-order valence-corrected chi connectivity index (χ1v) is 8.32. The minimum atomic E-state index is -0.591. The smallest absolute Gasteiger partial charge is 0.317 e. The number of thiazole rings is 1. The van der Waals surface area contributed by atoms with E-state index in [0.29, 0.717) is 5.69 Å². The van der Waals surface area contributed by atoms with Crippen LogP contribution in [0, 0.1) is 10.1 Å². The molecule has 8 nitrogen and oxygen atoms in total. The van der Waals surface area contributed by atoms with Crippen molar-refractivity contribution in [2.75, 3.05) is 7.11 Å². The first-order chi connectivity index (χ1) is 12.6. The quantitative estimate of drug-likeness (QED) is 0.283. The van der Waals surface area contributed by atoms with E-state index in [1.165, 1.54) is 30.6 Å². The fourth-order valence-electron chi connectivity index (χ4n) is 2.18. The number of benzene rings is 1. The second-order valence-corrected chi connectivity index (χ2v) is 5.99. The highest BCUT2D eigenvalue weighted by molar-refractivity contribution is 7.13. The molecule has 0 saturated carbocycles. The average molecular weight is 371 g/mol. The Hall–Kier alpha value is -3.33. The Balaban J connectivity index is 1.73. The third-order valence-electron chi connectivity index (χ3n) is 3.37. The van der Waals surface area contributed by atoms with Gasteiger partial charge in [0.05, 0.1) is 30.2 Å². The van der Waals surface area contributed by atoms with Crippen LogP contribution in [0.5, 0.6) is 11.5 Å². The number of carbonyl (C=O) groups is 1. The molecule has 0 unspecified atom stereocenters. The lowest BCUT2D eigenvalue weighted by Gasteiger charge is -2.08. The maximum atomic E-state index is 12.2. The van der Waals surface area contributed by atoms with E-state index in [9.17, 15) is 14.9 Å². The van der Waals surface area contributed by atoms with Crippen LogP contribution in [-0.2, 0) is 11.2 Å². The maximum Gasteiger partial charge on any atom is 0.317 e. The van der Waals surface area contributed by atoms with Crippen molar-refractivity contribution < 1.29 is 19.2 Å². The van der Waals surface area contributed by atoms with E-state index in [1.807, 2.05) is 6.07 Å². The number of aromatic nitrogens is 2. The van der Waals surface area contributed by atoms with Crippen molar-refractivity contribution in [1.29, 1.82) is 0 Å². The molecule has 0 aliphatic carbocycles. The Kier molecular flexibility index (Phi) is 5.18. The van der Waals surface area contributed by atoms with Gasteiger partial charge in [-0.05, 0) is 18.2 Å². The number of hydrogen-bond acceptors (Lipinski definition) is 8. The summed E-state index contributed by atoms with van der Waals surface area (Å²) in [7, 11) is 1.39. The number of nitro groups is 1. The Labute approximate surface area is 152 Å². The molecular weight excluding hydrogens is 358 g/mol. The zero-order chi connectivity index (χ0) is 18.5. The molecule has 3 rings (SSSR count). The Morgan fingerprint density at radius 2 is 2.15 bits per heavy atom. The van der Waals surface area contributed by atoms with Gasteiger partial charge in [0.25, 0.3) is 5.69 Å². The fraction of sp³-hybridized carbons (Fsp3) is 0.118. The van der Waals surface area contributed by atoms with Crippen LogP contribution in [-0.4, -0.2) is 28.0 Å². The van der Waals surface area contributed by atoms with Crippen molar-refractivity contribution in [1.82, 2.24) is 9.97 Å². The first kappa shape index (κ1) is 17.5. The minimum absolute atomic E-state index is 0.00517. The number of esters is 1. The fourth-order valence-corrected chi connectivity index (χ4v) is 2.99. The van der Waals surface area contributed by atoms with Gasteiger partial charge in [-0.25, -0.2) is 4.98 Å². The third-order valence-corrected chi connectivity index (χ3v) is 4.31. The Morgan fingerprint density at radius 3 is 2.85 bits per heavy atom. The van der Waals surface area contributed by atoms with Crippen LogP contribution in [0.1, 0.15) is 5.69 Å². The lowest BCUT2D eigenvalue weighted by Crippen LogP contribution is -2.12. The van der Waals surface area contributed by atoms with Gasteiger partial charge in [0, 0.05) is 29.4 Å². The summed E-state index contributed by atoms with van der Waals surface area (Å²) < 4.78 is 10.3. The second-order valence-electron chi connectivity index (χ2n) is 5.13. The number of pyridine rings is 1. The Bertz CT molecular complexity index is 943. The average Bonchev–Trinajstić information content (AvgIpc) is 3.10. The van der Waals surface area contributed by atoms with E-state index >= 15 is 0 Å². The lowest BCUT2D eigenvalue weighted by atomic mass is 10.2. The van der Waals surface area contributed by atoms with Crippen molar-refractivity contribution in [3.8, 4) is 22.1 Å². The molecule has 2 aromatic heterocycles. The monoisotopic (exact) mass is 371 g/mol. The van der Waals surface area contributed by atoms with Gasteiger partial charge in [0.15, 0.2) is 11.5 Å². The number of methoxy groups -OCH3 is 1. The van der Waals surface area contributed by atoms with Gasteiger partial charge in [-0.15, -0.1) is 11.3 Å². The van der Waals surface area contributed by atoms with Crippen molar-refractivity contribution in [2.24, 2.45) is 0 Å². The van der Waals surface area contributed by atoms with Crippen molar-refractivity contribution >= 4 is 23.0 Å². The number of carbonyl (C=O) groups excluding carboxylic acids is 1. The maximum absolute atomic E-state index is 12.2. The molecule has 0 fully saturated rings. The van der Waals surface area contributed by atoms with E-state index in [2.05, 4.69) is 9.97 Å². The largest absolute Gasteiger partial charge is 0.493 e. The van der Waals surface area contributed by atoms with E-state index in [-0.39, 0.29) is 23.6 Å². The van der Waals surface area contributed by atoms with Gasteiger partial charge in [-0.1, -0.05) is 0 Å². The lowest BCUT2D eigenvalue weighted by molar-refractivity contribution is -0.384. The summed E-state index contributed by atoms with van der Waals surface area (Å²) in [6.07, 6.45) is 3.29. The highest BCUT2D eigenvalue weighted by Crippen LogP contribution is 2.31. The summed E-state index contributed by atoms with van der Waals surface area (Å²) in [5.41, 5.74) is 1.21. The second kappa shape index (κ2) is 7.70. The molecule has 0 spiro atoms. The molecule has 1 aromatic carbocycles. The van der Waals surface area contributed by atoms with E-state index in [0.717, 1.165) is 16.6 Å². The number of rotatable bonds is 6. The van der Waals surface area contributed by atoms with Gasteiger partial charge in [-0.3, -0.25) is 19.9 Å². The molecule has 0 amide bonds. The molecule has 2 heterocycles. The van der Waals surface area contributed by atoms with E-state index < -0.39 is 10.9 Å². The summed E-state index contributed by atoms with van der Waals surface area (Å²) in [6, 6.07) is 7.49. The van der Waals surface area contributed by atoms with Crippen LogP contribution in [0.25, 0.3) is 10.6 Å². The number of nitrogens with zero attached hydrogens (tertiary/aromatic N) is 3. The van der Waals surface area contributed by atoms with E-state index in [4.69, 9.17) is 9.47 Å². The summed E-state index contributed by atoms with van der Waals surface area (Å²) in [6.45, 7) is 0. The van der Waals surface area contributed by atoms with Crippen LogP contribution in [0.3, 0.4) is 0 Å². The molecule has 9 heteroatoms. The SMILES string of the molecule is COc1ccc([N+](=O)[O-])cc1OC(=O)Cc1csc(-c2cccnc2)n1. The van der Waals surface area contributed by atoms with Crippen LogP contribution in [0.4, 0.5) is 5.69 Å². The normalized spacial score (nSPS) is 10.3. The van der Waals surface area contributed by atoms with E-state index in [1.54, 1.807) is 23.8 Å². The van der Waals surface area contributed by atoms with Crippen LogP contribution >= 0.6 is 11.3 Å². The van der Waals surface area contributed by atoms with Crippen LogP contribution in [0.15, 0.2) is 48.1 Å². The summed E-state index contributed by atoms with van der Waals surface area (Å²) >= 11 is 1.39. The number of non-ortho nitro benzene ring substituents is 1. The predicted octanol–water partition coefficient (Wildman–Crippen LogP) is 3.27. The van der Waals surface area contributed by atoms with Crippen molar-refractivity contribution in [2.45, 2.75) is 6.42 Å². The van der Waals surface area contributed by atoms with Crippen molar-refractivity contribution in [3.05, 3.63) is 63.9 Å². The topological polar surface area (TPSA) is 104 Å². The number of hydrogen-bond donors (Lipinski definition) is 0. The third kappa shape index (κ3) is 4.01. The molecule has 0 aliphatic heterocycles. The highest BCUT2D eigenvalue weighted by atomic mass is 32.1. The first-order valence-electron chi connectivity index (χ1n) is 7.44. The van der Waals surface area contributed by atoms with Crippen LogP contribution < -0.4 is 9.47 Å².